The molecule has 0 aromatic rings. The van der Waals surface area contributed by atoms with Gasteiger partial charge in [0.2, 0.25) is 0 Å². The van der Waals surface area contributed by atoms with Crippen molar-refractivity contribution in [2.75, 3.05) is 7.11 Å². The van der Waals surface area contributed by atoms with E-state index < -0.39 is 22.1 Å². The molecule has 0 aliphatic rings. The molecule has 0 spiro atoms. The molecule has 0 N–H and O–H groups in total. The summed E-state index contributed by atoms with van der Waals surface area (Å²) in [6.45, 7) is 2.16. The monoisotopic (exact) mass is 200 g/mol. The first-order chi connectivity index (χ1) is 5.19. The molecule has 12 heavy (non-hydrogen) atoms. The van der Waals surface area contributed by atoms with E-state index in [-0.39, 0.29) is 0 Å². The first-order valence-electron chi connectivity index (χ1n) is 2.92. The van der Waals surface area contributed by atoms with Crippen LogP contribution in [0.25, 0.3) is 0 Å². The number of carbonyl (C=O) groups is 1. The molecule has 0 rings (SSSR count). The van der Waals surface area contributed by atoms with E-state index in [1.165, 1.54) is 0 Å². The number of carbonyl (C=O) groups excluding carboxylic acids is 1. The second kappa shape index (κ2) is 3.36. The van der Waals surface area contributed by atoms with Crippen molar-refractivity contribution in [1.82, 2.24) is 0 Å². The molecular formula is C5H9FO5S. The van der Waals surface area contributed by atoms with E-state index in [1.54, 1.807) is 0 Å². The Balaban J connectivity index is 4.54. The van der Waals surface area contributed by atoms with Crippen LogP contribution in [-0.2, 0) is 24.2 Å². The average Bonchev–Trinajstić information content (AvgIpc) is 1.80. The highest BCUT2D eigenvalue weighted by atomic mass is 32.3. The van der Waals surface area contributed by atoms with Crippen LogP contribution >= 0.6 is 0 Å². The van der Waals surface area contributed by atoms with Crippen molar-refractivity contribution in [2.45, 2.75) is 19.4 Å². The van der Waals surface area contributed by atoms with Crippen molar-refractivity contribution in [2.24, 2.45) is 0 Å². The number of methoxy groups -OCH3 is 1. The fourth-order valence-corrected chi connectivity index (χ4v) is 1.09. The van der Waals surface area contributed by atoms with Gasteiger partial charge in [0.05, 0.1) is 7.11 Å². The van der Waals surface area contributed by atoms with Gasteiger partial charge in [0.15, 0.2) is 5.60 Å². The summed E-state index contributed by atoms with van der Waals surface area (Å²) >= 11 is 0. The minimum atomic E-state index is -5.14. The third kappa shape index (κ3) is 3.63. The van der Waals surface area contributed by atoms with Crippen LogP contribution in [0.15, 0.2) is 0 Å². The van der Waals surface area contributed by atoms with Gasteiger partial charge in [-0.15, -0.1) is 0 Å². The lowest BCUT2D eigenvalue weighted by Gasteiger charge is -2.17. The molecule has 0 aromatic carbocycles. The maximum Gasteiger partial charge on any atom is 0.438 e. The van der Waals surface area contributed by atoms with Gasteiger partial charge in [-0.25, -0.2) is 8.98 Å². The molecule has 0 amide bonds. The predicted octanol–water partition coefficient (Wildman–Crippen LogP) is 0.169. The predicted molar refractivity (Wildman–Crippen MR) is 37.2 cm³/mol. The summed E-state index contributed by atoms with van der Waals surface area (Å²) in [7, 11) is -4.10. The maximum absolute atomic E-state index is 11.9. The molecule has 0 saturated heterocycles. The van der Waals surface area contributed by atoms with Gasteiger partial charge in [0, 0.05) is 0 Å². The van der Waals surface area contributed by atoms with E-state index in [4.69, 9.17) is 0 Å². The third-order valence-corrected chi connectivity index (χ3v) is 1.60. The average molecular weight is 200 g/mol. The minimum absolute atomic E-state index is 0.969. The highest BCUT2D eigenvalue weighted by Crippen LogP contribution is 2.15. The van der Waals surface area contributed by atoms with Crippen molar-refractivity contribution < 1.29 is 26.0 Å². The first kappa shape index (κ1) is 11.3. The third-order valence-electron chi connectivity index (χ3n) is 0.985. The number of rotatable bonds is 3. The van der Waals surface area contributed by atoms with Crippen molar-refractivity contribution >= 4 is 16.5 Å². The Labute approximate surface area is 69.9 Å². The molecule has 0 radical (unpaired) electrons. The second-order valence-corrected chi connectivity index (χ2v) is 3.43. The van der Waals surface area contributed by atoms with Gasteiger partial charge < -0.3 is 4.74 Å². The molecule has 0 atom stereocenters. The normalized spacial score (nSPS) is 12.7. The highest BCUT2D eigenvalue weighted by molar-refractivity contribution is 7.81. The van der Waals surface area contributed by atoms with Crippen LogP contribution in [0.5, 0.6) is 0 Å². The Morgan fingerprint density at radius 2 is 1.83 bits per heavy atom. The number of esters is 1. The van der Waals surface area contributed by atoms with Crippen molar-refractivity contribution in [1.29, 1.82) is 0 Å². The van der Waals surface area contributed by atoms with Gasteiger partial charge in [0.25, 0.3) is 0 Å². The summed E-state index contributed by atoms with van der Waals surface area (Å²) < 4.78 is 39.8. The van der Waals surface area contributed by atoms with E-state index in [2.05, 4.69) is 8.92 Å². The van der Waals surface area contributed by atoms with E-state index in [0.717, 1.165) is 21.0 Å². The Kier molecular flexibility index (Phi) is 3.17. The Bertz CT molecular complexity index is 268. The summed E-state index contributed by atoms with van der Waals surface area (Å²) in [5.74, 6) is -0.969. The molecule has 0 aliphatic heterocycles. The van der Waals surface area contributed by atoms with Gasteiger partial charge >= 0.3 is 16.5 Å². The Morgan fingerprint density at radius 1 is 1.42 bits per heavy atom. The van der Waals surface area contributed by atoms with Crippen LogP contribution in [0.1, 0.15) is 13.8 Å². The fourth-order valence-electron chi connectivity index (χ4n) is 0.529. The minimum Gasteiger partial charge on any atom is -0.467 e. The molecule has 0 aromatic heterocycles. The number of hydrogen-bond donors (Lipinski definition) is 0. The molecule has 7 heteroatoms. The molecule has 0 fully saturated rings. The molecule has 0 unspecified atom stereocenters. The van der Waals surface area contributed by atoms with E-state index >= 15 is 0 Å². The zero-order valence-electron chi connectivity index (χ0n) is 6.83. The molecule has 0 aliphatic carbocycles. The lowest BCUT2D eigenvalue weighted by molar-refractivity contribution is -0.156. The van der Waals surface area contributed by atoms with Crippen molar-refractivity contribution in [3.05, 3.63) is 0 Å². The van der Waals surface area contributed by atoms with Crippen LogP contribution in [-0.4, -0.2) is 27.1 Å². The van der Waals surface area contributed by atoms with Gasteiger partial charge in [-0.3, -0.25) is 0 Å². The Hall–Kier alpha value is -0.690. The SMILES string of the molecule is COC(=O)C(C)(C)OS(=O)(=O)F. The number of halogens is 1. The summed E-state index contributed by atoms with van der Waals surface area (Å²) in [5, 5.41) is 0. The second-order valence-electron chi connectivity index (χ2n) is 2.48. The van der Waals surface area contributed by atoms with E-state index in [1.807, 2.05) is 0 Å². The van der Waals surface area contributed by atoms with Crippen LogP contribution in [0.4, 0.5) is 3.89 Å². The lowest BCUT2D eigenvalue weighted by Crippen LogP contribution is -2.37. The van der Waals surface area contributed by atoms with E-state index in [9.17, 15) is 17.1 Å². The largest absolute Gasteiger partial charge is 0.467 e. The molecular weight excluding hydrogens is 191 g/mol. The van der Waals surface area contributed by atoms with Crippen molar-refractivity contribution in [3.63, 3.8) is 0 Å². The molecule has 0 saturated carbocycles. The highest BCUT2D eigenvalue weighted by Gasteiger charge is 2.35. The summed E-state index contributed by atoms with van der Waals surface area (Å²) in [6.07, 6.45) is 0. The van der Waals surface area contributed by atoms with Crippen LogP contribution in [0.3, 0.4) is 0 Å². The molecule has 5 nitrogen and oxygen atoms in total. The zero-order valence-corrected chi connectivity index (χ0v) is 7.64. The summed E-state index contributed by atoms with van der Waals surface area (Å²) in [6, 6.07) is 0. The standard InChI is InChI=1S/C5H9FO5S/c1-5(2,4(7)10-3)11-12(6,8)9/h1-3H3. The lowest BCUT2D eigenvalue weighted by atomic mass is 10.1. The summed E-state index contributed by atoms with van der Waals surface area (Å²) in [4.78, 5) is 10.7. The van der Waals surface area contributed by atoms with Crippen LogP contribution < -0.4 is 0 Å². The Morgan fingerprint density at radius 3 is 2.08 bits per heavy atom. The molecule has 0 heterocycles. The van der Waals surface area contributed by atoms with E-state index in [0.29, 0.717) is 0 Å². The number of ether oxygens (including phenoxy) is 1. The topological polar surface area (TPSA) is 69.7 Å². The maximum atomic E-state index is 11.9. The summed E-state index contributed by atoms with van der Waals surface area (Å²) in [5.41, 5.74) is -1.83. The molecule has 72 valence electrons. The van der Waals surface area contributed by atoms with Gasteiger partial charge in [0.1, 0.15) is 0 Å². The van der Waals surface area contributed by atoms with Crippen LogP contribution in [0, 0.1) is 0 Å². The van der Waals surface area contributed by atoms with Gasteiger partial charge in [-0.2, -0.15) is 8.42 Å². The smallest absolute Gasteiger partial charge is 0.438 e. The fraction of sp³-hybridized carbons (Fsp3) is 0.800. The first-order valence-corrected chi connectivity index (χ1v) is 4.23. The number of hydrogen-bond acceptors (Lipinski definition) is 5. The quantitative estimate of drug-likeness (QED) is 0.479. The van der Waals surface area contributed by atoms with Gasteiger partial charge in [-0.05, 0) is 13.8 Å². The van der Waals surface area contributed by atoms with Crippen LogP contribution in [0.2, 0.25) is 0 Å². The molecule has 0 bridgehead atoms. The zero-order chi connectivity index (χ0) is 9.99. The van der Waals surface area contributed by atoms with Crippen molar-refractivity contribution in [3.8, 4) is 0 Å². The van der Waals surface area contributed by atoms with Gasteiger partial charge in [-0.1, -0.05) is 3.89 Å².